The molecule has 0 bridgehead atoms. The fourth-order valence-corrected chi connectivity index (χ4v) is 1.26. The molecule has 1 unspecified atom stereocenters. The summed E-state index contributed by atoms with van der Waals surface area (Å²) in [6, 6.07) is 0. The summed E-state index contributed by atoms with van der Waals surface area (Å²) in [5.74, 6) is 0. The van der Waals surface area contributed by atoms with E-state index in [2.05, 4.69) is 5.32 Å². The van der Waals surface area contributed by atoms with E-state index in [1.807, 2.05) is 20.8 Å². The van der Waals surface area contributed by atoms with E-state index in [0.29, 0.717) is 6.54 Å². The molecular weight excluding hydrogens is 219 g/mol. The second-order valence-electron chi connectivity index (χ2n) is 4.15. The van der Waals surface area contributed by atoms with E-state index in [0.717, 1.165) is 13.0 Å². The van der Waals surface area contributed by atoms with Gasteiger partial charge in [0.05, 0.1) is 5.60 Å². The molecule has 5 heteroatoms. The highest BCUT2D eigenvalue weighted by Gasteiger charge is 2.27. The first-order chi connectivity index (χ1) is 7.33. The van der Waals surface area contributed by atoms with Crippen LogP contribution in [0.5, 0.6) is 0 Å². The van der Waals surface area contributed by atoms with Gasteiger partial charge in [-0.2, -0.15) is 13.2 Å². The number of ether oxygens (including phenoxy) is 1. The van der Waals surface area contributed by atoms with E-state index >= 15 is 0 Å². The fourth-order valence-electron chi connectivity index (χ4n) is 1.26. The van der Waals surface area contributed by atoms with Gasteiger partial charge in [-0.15, -0.1) is 0 Å². The van der Waals surface area contributed by atoms with Crippen LogP contribution in [-0.4, -0.2) is 31.5 Å². The topological polar surface area (TPSA) is 21.3 Å². The minimum atomic E-state index is -4.08. The Morgan fingerprint density at radius 3 is 2.25 bits per heavy atom. The van der Waals surface area contributed by atoms with E-state index < -0.39 is 12.6 Å². The van der Waals surface area contributed by atoms with Crippen LogP contribution in [0, 0.1) is 0 Å². The minimum absolute atomic E-state index is 0.0330. The van der Waals surface area contributed by atoms with Crippen molar-refractivity contribution in [2.45, 2.75) is 51.8 Å². The average molecular weight is 241 g/mol. The monoisotopic (exact) mass is 241 g/mol. The van der Waals surface area contributed by atoms with Crippen molar-refractivity contribution in [3.63, 3.8) is 0 Å². The SMILES string of the molecule is CCNCC(C)(CC)OCCCC(F)(F)F. The van der Waals surface area contributed by atoms with Gasteiger partial charge in [0.2, 0.25) is 0 Å². The quantitative estimate of drug-likeness (QED) is 0.659. The van der Waals surface area contributed by atoms with E-state index in [-0.39, 0.29) is 18.6 Å². The number of hydrogen-bond donors (Lipinski definition) is 1. The lowest BCUT2D eigenvalue weighted by Crippen LogP contribution is -2.40. The Morgan fingerprint density at radius 1 is 1.19 bits per heavy atom. The fraction of sp³-hybridized carbons (Fsp3) is 1.00. The van der Waals surface area contributed by atoms with Gasteiger partial charge in [0.15, 0.2) is 0 Å². The Bertz CT molecular complexity index is 185. The molecule has 0 aromatic carbocycles. The summed E-state index contributed by atoms with van der Waals surface area (Å²) in [5, 5.41) is 3.15. The van der Waals surface area contributed by atoms with Crippen LogP contribution in [0.1, 0.15) is 40.0 Å². The molecule has 1 N–H and O–H groups in total. The Labute approximate surface area is 95.5 Å². The Hall–Kier alpha value is -0.290. The van der Waals surface area contributed by atoms with Crippen molar-refractivity contribution < 1.29 is 17.9 Å². The largest absolute Gasteiger partial charge is 0.389 e. The van der Waals surface area contributed by atoms with Gasteiger partial charge >= 0.3 is 6.18 Å². The van der Waals surface area contributed by atoms with Gasteiger partial charge in [-0.1, -0.05) is 13.8 Å². The lowest BCUT2D eigenvalue weighted by atomic mass is 10.0. The highest BCUT2D eigenvalue weighted by atomic mass is 19.4. The van der Waals surface area contributed by atoms with E-state index in [1.54, 1.807) is 0 Å². The molecule has 0 saturated carbocycles. The van der Waals surface area contributed by atoms with Gasteiger partial charge in [-0.3, -0.25) is 0 Å². The smallest absolute Gasteiger partial charge is 0.374 e. The molecule has 0 aromatic heterocycles. The summed E-state index contributed by atoms with van der Waals surface area (Å²) in [5.41, 5.74) is -0.360. The number of halogens is 3. The number of hydrogen-bond acceptors (Lipinski definition) is 2. The summed E-state index contributed by atoms with van der Waals surface area (Å²) >= 11 is 0. The third kappa shape index (κ3) is 7.93. The van der Waals surface area contributed by atoms with Crippen molar-refractivity contribution in [3.05, 3.63) is 0 Å². The summed E-state index contributed by atoms with van der Waals surface area (Å²) < 4.78 is 41.2. The highest BCUT2D eigenvalue weighted by Crippen LogP contribution is 2.22. The summed E-state index contributed by atoms with van der Waals surface area (Å²) in [6.07, 6.45) is -4.03. The molecule has 2 nitrogen and oxygen atoms in total. The predicted octanol–water partition coefficient (Wildman–Crippen LogP) is 3.12. The van der Waals surface area contributed by atoms with Gasteiger partial charge in [0.25, 0.3) is 0 Å². The first-order valence-electron chi connectivity index (χ1n) is 5.74. The van der Waals surface area contributed by atoms with Crippen molar-refractivity contribution in [1.29, 1.82) is 0 Å². The lowest BCUT2D eigenvalue weighted by Gasteiger charge is -2.29. The van der Waals surface area contributed by atoms with Crippen LogP contribution in [0.4, 0.5) is 13.2 Å². The van der Waals surface area contributed by atoms with E-state index in [4.69, 9.17) is 4.74 Å². The van der Waals surface area contributed by atoms with Crippen LogP contribution in [0.2, 0.25) is 0 Å². The number of rotatable bonds is 8. The molecule has 0 radical (unpaired) electrons. The molecule has 0 amide bonds. The van der Waals surface area contributed by atoms with Crippen LogP contribution < -0.4 is 5.32 Å². The Morgan fingerprint density at radius 2 is 1.81 bits per heavy atom. The van der Waals surface area contributed by atoms with Gasteiger partial charge in [0, 0.05) is 19.6 Å². The number of nitrogens with one attached hydrogen (secondary N) is 1. The van der Waals surface area contributed by atoms with Crippen LogP contribution >= 0.6 is 0 Å². The molecule has 0 aliphatic carbocycles. The second kappa shape index (κ2) is 7.12. The number of alkyl halides is 3. The molecule has 0 fully saturated rings. The minimum Gasteiger partial charge on any atom is -0.374 e. The van der Waals surface area contributed by atoms with E-state index in [1.165, 1.54) is 0 Å². The van der Waals surface area contributed by atoms with Gasteiger partial charge < -0.3 is 10.1 Å². The van der Waals surface area contributed by atoms with Crippen molar-refractivity contribution in [2.75, 3.05) is 19.7 Å². The molecule has 0 aromatic rings. The molecule has 0 spiro atoms. The molecule has 16 heavy (non-hydrogen) atoms. The first-order valence-corrected chi connectivity index (χ1v) is 5.74. The molecular formula is C11H22F3NO. The van der Waals surface area contributed by atoms with Crippen molar-refractivity contribution in [3.8, 4) is 0 Å². The van der Waals surface area contributed by atoms with Crippen LogP contribution in [0.15, 0.2) is 0 Å². The van der Waals surface area contributed by atoms with Crippen LogP contribution in [0.25, 0.3) is 0 Å². The van der Waals surface area contributed by atoms with Crippen LogP contribution in [0.3, 0.4) is 0 Å². The first kappa shape index (κ1) is 15.7. The molecule has 0 heterocycles. The van der Waals surface area contributed by atoms with Crippen LogP contribution in [-0.2, 0) is 4.74 Å². The number of likely N-dealkylation sites (N-methyl/N-ethyl adjacent to an activating group) is 1. The van der Waals surface area contributed by atoms with E-state index in [9.17, 15) is 13.2 Å². The predicted molar refractivity (Wildman–Crippen MR) is 58.5 cm³/mol. The molecule has 0 aliphatic rings. The summed E-state index contributed by atoms with van der Waals surface area (Å²) in [7, 11) is 0. The highest BCUT2D eigenvalue weighted by molar-refractivity contribution is 4.76. The second-order valence-corrected chi connectivity index (χ2v) is 4.15. The summed E-state index contributed by atoms with van der Waals surface area (Å²) in [6.45, 7) is 7.55. The lowest BCUT2D eigenvalue weighted by molar-refractivity contribution is -0.141. The Balaban J connectivity index is 3.77. The molecule has 0 rings (SSSR count). The molecule has 1 atom stereocenters. The maximum atomic E-state index is 11.9. The average Bonchev–Trinajstić information content (AvgIpc) is 2.20. The maximum Gasteiger partial charge on any atom is 0.389 e. The summed E-state index contributed by atoms with van der Waals surface area (Å²) in [4.78, 5) is 0. The Kier molecular flexibility index (Phi) is 6.99. The standard InChI is InChI=1S/C11H22F3NO/c1-4-10(3,9-15-5-2)16-8-6-7-11(12,13)14/h15H,4-9H2,1-3H3. The molecule has 0 saturated heterocycles. The normalized spacial score (nSPS) is 16.1. The third-order valence-electron chi connectivity index (χ3n) is 2.55. The van der Waals surface area contributed by atoms with Gasteiger partial charge in [-0.05, 0) is 26.3 Å². The zero-order valence-electron chi connectivity index (χ0n) is 10.3. The van der Waals surface area contributed by atoms with Crippen molar-refractivity contribution in [1.82, 2.24) is 5.32 Å². The third-order valence-corrected chi connectivity index (χ3v) is 2.55. The maximum absolute atomic E-state index is 11.9. The van der Waals surface area contributed by atoms with Crippen molar-refractivity contribution >= 4 is 0 Å². The van der Waals surface area contributed by atoms with Gasteiger partial charge in [0.1, 0.15) is 0 Å². The molecule has 0 aliphatic heterocycles. The molecule has 98 valence electrons. The van der Waals surface area contributed by atoms with Gasteiger partial charge in [-0.25, -0.2) is 0 Å². The van der Waals surface area contributed by atoms with Crippen molar-refractivity contribution in [2.24, 2.45) is 0 Å². The zero-order chi connectivity index (χ0) is 12.7. The zero-order valence-corrected chi connectivity index (χ0v) is 10.3.